The number of nitrogens with zero attached hydrogens (tertiary/aromatic N) is 1. The normalized spacial score (nSPS) is 14.0. The number of nitrogen functional groups attached to an aromatic ring is 1. The number of nitrogens with two attached hydrogens (primary N) is 1. The van der Waals surface area contributed by atoms with Gasteiger partial charge in [0.1, 0.15) is 0 Å². The van der Waals surface area contributed by atoms with Crippen molar-refractivity contribution in [2.75, 3.05) is 12.8 Å². The van der Waals surface area contributed by atoms with Gasteiger partial charge in [-0.1, -0.05) is 25.4 Å². The lowest BCUT2D eigenvalue weighted by Crippen LogP contribution is -2.36. The van der Waals surface area contributed by atoms with E-state index in [1.54, 1.807) is 7.05 Å². The molecular weight excluding hydrogens is 364 g/mol. The molecule has 0 saturated heterocycles. The lowest BCUT2D eigenvalue weighted by molar-refractivity contribution is 0.337. The molecule has 0 saturated carbocycles. The van der Waals surface area contributed by atoms with Crippen LogP contribution in [0.3, 0.4) is 0 Å². The Kier molecular flexibility index (Phi) is 5.89. The number of hydrogen-bond acceptors (Lipinski definition) is 3. The Morgan fingerprint density at radius 3 is 2.40 bits per heavy atom. The minimum absolute atomic E-state index is 0.0978. The Balaban J connectivity index is 3.23. The van der Waals surface area contributed by atoms with E-state index < -0.39 is 10.0 Å². The van der Waals surface area contributed by atoms with E-state index in [4.69, 9.17) is 17.3 Å². The highest BCUT2D eigenvalue weighted by Crippen LogP contribution is 2.33. The SMILES string of the molecule is CC(C)CC(C)N(C)S(=O)(=O)c1cc(Cl)cc(N)c1Br. The lowest BCUT2D eigenvalue weighted by atomic mass is 10.1. The predicted octanol–water partition coefficient (Wildman–Crippen LogP) is 3.74. The Labute approximate surface area is 134 Å². The Hall–Kier alpha value is -0.300. The molecule has 20 heavy (non-hydrogen) atoms. The predicted molar refractivity (Wildman–Crippen MR) is 87.4 cm³/mol. The maximum absolute atomic E-state index is 12.7. The molecule has 1 aromatic carbocycles. The summed E-state index contributed by atoms with van der Waals surface area (Å²) in [7, 11) is -2.06. The molecule has 1 atom stereocenters. The van der Waals surface area contributed by atoms with E-state index in [1.165, 1.54) is 16.4 Å². The summed E-state index contributed by atoms with van der Waals surface area (Å²) in [4.78, 5) is 0.0978. The zero-order chi connectivity index (χ0) is 15.7. The largest absolute Gasteiger partial charge is 0.398 e. The van der Waals surface area contributed by atoms with Gasteiger partial charge >= 0.3 is 0 Å². The third-order valence-corrected chi connectivity index (χ3v) is 6.48. The first-order valence-corrected chi connectivity index (χ1v) is 8.91. The van der Waals surface area contributed by atoms with Crippen molar-refractivity contribution >= 4 is 43.2 Å². The van der Waals surface area contributed by atoms with Crippen molar-refractivity contribution in [1.82, 2.24) is 4.31 Å². The molecular formula is C13H20BrClN2O2S. The van der Waals surface area contributed by atoms with Gasteiger partial charge in [-0.25, -0.2) is 8.42 Å². The van der Waals surface area contributed by atoms with Crippen LogP contribution in [0.2, 0.25) is 5.02 Å². The van der Waals surface area contributed by atoms with E-state index in [0.717, 1.165) is 6.42 Å². The molecule has 0 aliphatic carbocycles. The van der Waals surface area contributed by atoms with Crippen molar-refractivity contribution in [3.8, 4) is 0 Å². The molecule has 4 nitrogen and oxygen atoms in total. The van der Waals surface area contributed by atoms with Gasteiger partial charge in [-0.2, -0.15) is 4.31 Å². The minimum atomic E-state index is -3.64. The fourth-order valence-electron chi connectivity index (χ4n) is 1.99. The van der Waals surface area contributed by atoms with Crippen molar-refractivity contribution in [2.24, 2.45) is 5.92 Å². The Morgan fingerprint density at radius 1 is 1.35 bits per heavy atom. The smallest absolute Gasteiger partial charge is 0.244 e. The quantitative estimate of drug-likeness (QED) is 0.788. The van der Waals surface area contributed by atoms with E-state index >= 15 is 0 Å². The van der Waals surface area contributed by atoms with Crippen LogP contribution in [0.15, 0.2) is 21.5 Å². The third-order valence-electron chi connectivity index (χ3n) is 3.12. The fraction of sp³-hybridized carbons (Fsp3) is 0.538. The fourth-order valence-corrected chi connectivity index (χ4v) is 4.62. The van der Waals surface area contributed by atoms with Crippen molar-refractivity contribution < 1.29 is 8.42 Å². The zero-order valence-electron chi connectivity index (χ0n) is 12.0. The second-order valence-electron chi connectivity index (χ2n) is 5.31. The third kappa shape index (κ3) is 3.87. The molecule has 1 aromatic rings. The van der Waals surface area contributed by atoms with Gasteiger partial charge in [-0.3, -0.25) is 0 Å². The second kappa shape index (κ2) is 6.64. The average molecular weight is 384 g/mol. The summed E-state index contributed by atoms with van der Waals surface area (Å²) >= 11 is 9.14. The van der Waals surface area contributed by atoms with Gasteiger partial charge in [0.25, 0.3) is 0 Å². The molecule has 0 aromatic heterocycles. The first kappa shape index (κ1) is 17.8. The highest BCUT2D eigenvalue weighted by atomic mass is 79.9. The van der Waals surface area contributed by atoms with Crippen molar-refractivity contribution in [3.63, 3.8) is 0 Å². The van der Waals surface area contributed by atoms with Crippen molar-refractivity contribution in [1.29, 1.82) is 0 Å². The number of rotatable bonds is 5. The van der Waals surface area contributed by atoms with Crippen LogP contribution >= 0.6 is 27.5 Å². The first-order valence-electron chi connectivity index (χ1n) is 6.30. The summed E-state index contributed by atoms with van der Waals surface area (Å²) in [5.74, 6) is 0.413. The van der Waals surface area contributed by atoms with Crippen molar-refractivity contribution in [3.05, 3.63) is 21.6 Å². The molecule has 7 heteroatoms. The van der Waals surface area contributed by atoms with Crippen molar-refractivity contribution in [2.45, 2.75) is 38.1 Å². The summed E-state index contributed by atoms with van der Waals surface area (Å²) in [6, 6.07) is 2.82. The van der Waals surface area contributed by atoms with E-state index in [1.807, 2.05) is 6.92 Å². The van der Waals surface area contributed by atoms with Crippen LogP contribution in [0, 0.1) is 5.92 Å². The molecule has 0 spiro atoms. The van der Waals surface area contributed by atoms with Crippen LogP contribution in [0.5, 0.6) is 0 Å². The summed E-state index contributed by atoms with van der Waals surface area (Å²) < 4.78 is 27.0. The first-order chi connectivity index (χ1) is 9.07. The van der Waals surface area contributed by atoms with Gasteiger partial charge in [0.15, 0.2) is 0 Å². The van der Waals surface area contributed by atoms with E-state index in [9.17, 15) is 8.42 Å². The van der Waals surface area contributed by atoms with Crippen LogP contribution in [0.1, 0.15) is 27.2 Å². The molecule has 0 aliphatic heterocycles. The van der Waals surface area contributed by atoms with Crippen LogP contribution in [0.4, 0.5) is 5.69 Å². The average Bonchev–Trinajstić information content (AvgIpc) is 2.31. The highest BCUT2D eigenvalue weighted by molar-refractivity contribution is 9.10. The standard InChI is InChI=1S/C13H20BrClN2O2S/c1-8(2)5-9(3)17(4)20(18,19)12-7-10(15)6-11(16)13(12)14/h6-9H,5,16H2,1-4H3. The number of halogens is 2. The summed E-state index contributed by atoms with van der Waals surface area (Å²) in [6.07, 6.45) is 0.781. The maximum Gasteiger partial charge on any atom is 0.244 e. The molecule has 1 unspecified atom stereocenters. The highest BCUT2D eigenvalue weighted by Gasteiger charge is 2.28. The lowest BCUT2D eigenvalue weighted by Gasteiger charge is -2.26. The molecule has 0 amide bonds. The molecule has 2 N–H and O–H groups in total. The summed E-state index contributed by atoms with van der Waals surface area (Å²) in [5, 5.41) is 0.300. The number of sulfonamides is 1. The summed E-state index contributed by atoms with van der Waals surface area (Å²) in [5.41, 5.74) is 6.07. The zero-order valence-corrected chi connectivity index (χ0v) is 15.2. The molecule has 114 valence electrons. The number of hydrogen-bond donors (Lipinski definition) is 1. The van der Waals surface area contributed by atoms with Crippen LogP contribution in [-0.4, -0.2) is 25.8 Å². The van der Waals surface area contributed by atoms with Gasteiger partial charge in [-0.15, -0.1) is 0 Å². The number of benzene rings is 1. The van der Waals surface area contributed by atoms with E-state index in [2.05, 4.69) is 29.8 Å². The maximum atomic E-state index is 12.7. The van der Waals surface area contributed by atoms with Crippen LogP contribution in [0.25, 0.3) is 0 Å². The molecule has 0 radical (unpaired) electrons. The van der Waals surface area contributed by atoms with Gasteiger partial charge in [0.2, 0.25) is 10.0 Å². The van der Waals surface area contributed by atoms with Gasteiger partial charge in [-0.05, 0) is 47.3 Å². The molecule has 1 rings (SSSR count). The van der Waals surface area contributed by atoms with E-state index in [0.29, 0.717) is 21.1 Å². The topological polar surface area (TPSA) is 63.4 Å². The van der Waals surface area contributed by atoms with Crippen LogP contribution < -0.4 is 5.73 Å². The molecule has 0 fully saturated rings. The van der Waals surface area contributed by atoms with E-state index in [-0.39, 0.29) is 10.9 Å². The number of anilines is 1. The minimum Gasteiger partial charge on any atom is -0.398 e. The Morgan fingerprint density at radius 2 is 1.90 bits per heavy atom. The molecule has 0 bridgehead atoms. The molecule has 0 aliphatic rings. The van der Waals surface area contributed by atoms with Gasteiger partial charge in [0, 0.05) is 23.8 Å². The van der Waals surface area contributed by atoms with Crippen LogP contribution in [-0.2, 0) is 10.0 Å². The van der Waals surface area contributed by atoms with Gasteiger partial charge in [0.05, 0.1) is 9.37 Å². The van der Waals surface area contributed by atoms with Gasteiger partial charge < -0.3 is 5.73 Å². The summed E-state index contributed by atoms with van der Waals surface area (Å²) in [6.45, 7) is 6.01. The molecule has 0 heterocycles. The second-order valence-corrected chi connectivity index (χ2v) is 8.50. The monoisotopic (exact) mass is 382 g/mol. The Bertz CT molecular complexity index is 590.